The summed E-state index contributed by atoms with van der Waals surface area (Å²) in [5, 5.41) is 16.3. The van der Waals surface area contributed by atoms with Crippen molar-refractivity contribution in [1.29, 1.82) is 0 Å². The van der Waals surface area contributed by atoms with Gasteiger partial charge in [-0.1, -0.05) is 54.6 Å². The molecule has 0 saturated heterocycles. The fraction of sp³-hybridized carbons (Fsp3) is 0.0833. The van der Waals surface area contributed by atoms with Gasteiger partial charge in [-0.05, 0) is 91.0 Å². The van der Waals surface area contributed by atoms with Gasteiger partial charge in [-0.2, -0.15) is 5.11 Å². The van der Waals surface area contributed by atoms with Gasteiger partial charge in [-0.25, -0.2) is 9.97 Å². The summed E-state index contributed by atoms with van der Waals surface area (Å²) in [4.78, 5) is 38.4. The Morgan fingerprint density at radius 1 is 0.483 bits per heavy atom. The number of anilines is 2. The van der Waals surface area contributed by atoms with E-state index in [1.807, 2.05) is 103 Å². The molecule has 0 saturated carbocycles. The number of ether oxygens (including phenoxy) is 4. The Hall–Kier alpha value is -8.12. The van der Waals surface area contributed by atoms with Crippen LogP contribution in [0, 0.1) is 0 Å². The molecule has 0 radical (unpaired) electrons. The largest absolute Gasteiger partial charge is 0.493 e. The molecule has 12 heteroatoms. The lowest BCUT2D eigenvalue weighted by Crippen LogP contribution is -2.15. The van der Waals surface area contributed by atoms with Gasteiger partial charge in [0.15, 0.2) is 23.0 Å². The van der Waals surface area contributed by atoms with Crippen LogP contribution in [0.15, 0.2) is 156 Å². The first-order valence-electron chi connectivity index (χ1n) is 18.8. The third-order valence-electron chi connectivity index (χ3n) is 9.81. The number of carbonyl (C=O) groups excluding carboxylic acids is 2. The number of pyridine rings is 2. The van der Waals surface area contributed by atoms with Gasteiger partial charge in [0.2, 0.25) is 0 Å². The zero-order valence-corrected chi connectivity index (χ0v) is 33.1. The van der Waals surface area contributed by atoms with Gasteiger partial charge in [-0.15, -0.1) is 5.11 Å². The van der Waals surface area contributed by atoms with E-state index in [2.05, 4.69) is 20.9 Å². The molecule has 0 aliphatic carbocycles. The first-order chi connectivity index (χ1) is 29.3. The van der Waals surface area contributed by atoms with Crippen LogP contribution in [0.4, 0.5) is 22.7 Å². The van der Waals surface area contributed by atoms with Gasteiger partial charge in [0.05, 0.1) is 73.4 Å². The van der Waals surface area contributed by atoms with Crippen molar-refractivity contribution in [2.24, 2.45) is 10.2 Å². The smallest absolute Gasteiger partial charge is 0.256 e. The standard InChI is InChI=1S/C48H38N6O6/c1-57-43-22-18-29(24-45(43)59-3)40-27-35(33-14-8-10-16-37(33)50-40)47(55)49-32-20-21-39(54-53-31-12-6-5-7-13-31)42(26-32)52-48(56)36-28-41(51-38-17-11-9-15-34(36)38)30-19-23-44(58-2)46(25-30)60-4/h5-28H,1-4H3,(H,49,55)(H,52,56). The van der Waals surface area contributed by atoms with Crippen LogP contribution in [-0.4, -0.2) is 50.2 Å². The number of nitrogens with one attached hydrogen (secondary N) is 2. The third kappa shape index (κ3) is 8.02. The van der Waals surface area contributed by atoms with Crippen LogP contribution >= 0.6 is 0 Å². The highest BCUT2D eigenvalue weighted by Gasteiger charge is 2.20. The number of nitrogens with zero attached hydrogens (tertiary/aromatic N) is 4. The number of hydrogen-bond acceptors (Lipinski definition) is 10. The highest BCUT2D eigenvalue weighted by molar-refractivity contribution is 6.15. The number of para-hydroxylation sites is 2. The van der Waals surface area contributed by atoms with Crippen molar-refractivity contribution < 1.29 is 28.5 Å². The molecule has 2 N–H and O–H groups in total. The Labute approximate surface area is 345 Å². The molecule has 60 heavy (non-hydrogen) atoms. The summed E-state index contributed by atoms with van der Waals surface area (Å²) >= 11 is 0. The first kappa shape index (κ1) is 38.7. The normalized spacial score (nSPS) is 11.1. The molecule has 2 aromatic heterocycles. The average Bonchev–Trinajstić information content (AvgIpc) is 3.30. The fourth-order valence-corrected chi connectivity index (χ4v) is 6.81. The van der Waals surface area contributed by atoms with E-state index in [0.717, 1.165) is 11.1 Å². The monoisotopic (exact) mass is 794 g/mol. The van der Waals surface area contributed by atoms with Crippen molar-refractivity contribution in [2.45, 2.75) is 0 Å². The van der Waals surface area contributed by atoms with Crippen molar-refractivity contribution >= 4 is 56.4 Å². The van der Waals surface area contributed by atoms with Crippen LogP contribution < -0.4 is 29.6 Å². The van der Waals surface area contributed by atoms with Gasteiger partial charge in [0.25, 0.3) is 11.8 Å². The molecule has 2 amide bonds. The van der Waals surface area contributed by atoms with E-state index in [0.29, 0.717) is 90.1 Å². The number of methoxy groups -OCH3 is 4. The van der Waals surface area contributed by atoms with Crippen LogP contribution in [0.2, 0.25) is 0 Å². The highest BCUT2D eigenvalue weighted by atomic mass is 16.5. The topological polar surface area (TPSA) is 146 Å². The van der Waals surface area contributed by atoms with Gasteiger partial charge in [0, 0.05) is 27.6 Å². The molecule has 2 heterocycles. The van der Waals surface area contributed by atoms with E-state index in [4.69, 9.17) is 28.9 Å². The van der Waals surface area contributed by atoms with Gasteiger partial charge < -0.3 is 29.6 Å². The van der Waals surface area contributed by atoms with Crippen LogP contribution in [0.5, 0.6) is 23.0 Å². The lowest BCUT2D eigenvalue weighted by molar-refractivity contribution is 0.102. The molecule has 8 aromatic rings. The first-order valence-corrected chi connectivity index (χ1v) is 18.8. The van der Waals surface area contributed by atoms with Crippen molar-refractivity contribution in [3.05, 3.63) is 157 Å². The molecule has 0 atom stereocenters. The Morgan fingerprint density at radius 2 is 0.983 bits per heavy atom. The number of amides is 2. The Balaban J connectivity index is 1.17. The van der Waals surface area contributed by atoms with Crippen LogP contribution in [0.1, 0.15) is 20.7 Å². The summed E-state index contributed by atoms with van der Waals surface area (Å²) in [5.74, 6) is 1.40. The van der Waals surface area contributed by atoms with E-state index >= 15 is 0 Å². The van der Waals surface area contributed by atoms with Crippen molar-refractivity contribution in [3.8, 4) is 45.5 Å². The summed E-state index contributed by atoms with van der Waals surface area (Å²) in [6.45, 7) is 0. The van der Waals surface area contributed by atoms with E-state index in [1.54, 1.807) is 70.9 Å². The lowest BCUT2D eigenvalue weighted by atomic mass is 10.0. The second kappa shape index (κ2) is 17.2. The number of fused-ring (bicyclic) bond motifs is 2. The minimum absolute atomic E-state index is 0.316. The molecule has 12 nitrogen and oxygen atoms in total. The van der Waals surface area contributed by atoms with Crippen LogP contribution in [0.25, 0.3) is 44.3 Å². The molecule has 6 aromatic carbocycles. The predicted octanol–water partition coefficient (Wildman–Crippen LogP) is 11.1. The SMILES string of the molecule is COc1ccc(-c2cc(C(=O)Nc3ccc(N=Nc4ccccc4)c(NC(=O)c4cc(-c5ccc(OC)c(OC)c5)nc5ccccc45)c3)c3ccccc3n2)cc1OC. The van der Waals surface area contributed by atoms with Crippen molar-refractivity contribution in [2.75, 3.05) is 39.1 Å². The number of aromatic nitrogens is 2. The maximum atomic E-state index is 14.5. The second-order valence-electron chi connectivity index (χ2n) is 13.5. The Kier molecular flexibility index (Phi) is 11.1. The van der Waals surface area contributed by atoms with Gasteiger partial charge in [0.1, 0.15) is 5.69 Å². The highest BCUT2D eigenvalue weighted by Crippen LogP contribution is 2.36. The number of hydrogen-bond donors (Lipinski definition) is 2. The lowest BCUT2D eigenvalue weighted by Gasteiger charge is -2.15. The summed E-state index contributed by atoms with van der Waals surface area (Å²) in [7, 11) is 6.27. The summed E-state index contributed by atoms with van der Waals surface area (Å²) in [6, 6.07) is 43.6. The molecule has 8 rings (SSSR count). The maximum absolute atomic E-state index is 14.5. The molecular formula is C48H38N6O6. The number of rotatable bonds is 12. The molecule has 0 aliphatic heterocycles. The zero-order chi connectivity index (χ0) is 41.6. The molecule has 296 valence electrons. The number of benzene rings is 6. The number of carbonyl (C=O) groups is 2. The third-order valence-corrected chi connectivity index (χ3v) is 9.81. The average molecular weight is 795 g/mol. The van der Waals surface area contributed by atoms with E-state index in [-0.39, 0.29) is 5.91 Å². The summed E-state index contributed by atoms with van der Waals surface area (Å²) < 4.78 is 22.0. The molecule has 0 aliphatic rings. The quantitative estimate of drug-likeness (QED) is 0.116. The minimum Gasteiger partial charge on any atom is -0.493 e. The van der Waals surface area contributed by atoms with Crippen LogP contribution in [0.3, 0.4) is 0 Å². The van der Waals surface area contributed by atoms with Crippen molar-refractivity contribution in [3.63, 3.8) is 0 Å². The minimum atomic E-state index is -0.422. The van der Waals surface area contributed by atoms with Crippen LogP contribution in [-0.2, 0) is 0 Å². The molecule has 0 fully saturated rings. The van der Waals surface area contributed by atoms with E-state index in [9.17, 15) is 9.59 Å². The molecule has 0 unspecified atom stereocenters. The Morgan fingerprint density at radius 3 is 1.52 bits per heavy atom. The molecule has 0 spiro atoms. The van der Waals surface area contributed by atoms with Crippen molar-refractivity contribution in [1.82, 2.24) is 9.97 Å². The Bertz CT molecular complexity index is 2940. The molecule has 0 bridgehead atoms. The summed E-state index contributed by atoms with van der Waals surface area (Å²) in [5.41, 5.74) is 6.35. The van der Waals surface area contributed by atoms with E-state index < -0.39 is 5.91 Å². The van der Waals surface area contributed by atoms with E-state index in [1.165, 1.54) is 0 Å². The zero-order valence-electron chi connectivity index (χ0n) is 33.1. The maximum Gasteiger partial charge on any atom is 0.256 e. The number of azo groups is 1. The van der Waals surface area contributed by atoms with Gasteiger partial charge >= 0.3 is 0 Å². The molecular weight excluding hydrogens is 757 g/mol. The predicted molar refractivity (Wildman–Crippen MR) is 234 cm³/mol. The second-order valence-corrected chi connectivity index (χ2v) is 13.5. The summed E-state index contributed by atoms with van der Waals surface area (Å²) in [6.07, 6.45) is 0. The van der Waals surface area contributed by atoms with Gasteiger partial charge in [-0.3, -0.25) is 9.59 Å². The fourth-order valence-electron chi connectivity index (χ4n) is 6.81.